The number of halogens is 6. The van der Waals surface area contributed by atoms with E-state index in [1.807, 2.05) is 0 Å². The van der Waals surface area contributed by atoms with Crippen molar-refractivity contribution in [2.45, 2.75) is 12.4 Å². The quantitative estimate of drug-likeness (QED) is 0.101. The van der Waals surface area contributed by atoms with Crippen molar-refractivity contribution in [1.82, 2.24) is 9.97 Å². The van der Waals surface area contributed by atoms with Crippen LogP contribution in [-0.4, -0.2) is 34.2 Å². The van der Waals surface area contributed by atoms with Gasteiger partial charge in [0.05, 0.1) is 23.6 Å². The van der Waals surface area contributed by atoms with E-state index in [0.29, 0.717) is 11.1 Å². The molecule has 0 radical (unpaired) electrons. The third-order valence-corrected chi connectivity index (χ3v) is 4.99. The third-order valence-electron chi connectivity index (χ3n) is 4.99. The van der Waals surface area contributed by atoms with E-state index >= 15 is 0 Å². The van der Waals surface area contributed by atoms with Crippen LogP contribution in [0.2, 0.25) is 0 Å². The van der Waals surface area contributed by atoms with E-state index in [9.17, 15) is 36.6 Å². The summed E-state index contributed by atoms with van der Waals surface area (Å²) in [5, 5.41) is 37.0. The van der Waals surface area contributed by atoms with Crippen molar-refractivity contribution < 1.29 is 53.0 Å². The molecule has 224 valence electrons. The van der Waals surface area contributed by atoms with Crippen molar-refractivity contribution in [2.75, 3.05) is 0 Å². The van der Waals surface area contributed by atoms with Gasteiger partial charge in [0.15, 0.2) is 0 Å². The predicted molar refractivity (Wildman–Crippen MR) is 140 cm³/mol. The molecule has 43 heavy (non-hydrogen) atoms. The fourth-order valence-corrected chi connectivity index (χ4v) is 2.99. The molecule has 0 spiro atoms. The maximum absolute atomic E-state index is 12.5. The van der Waals surface area contributed by atoms with Crippen molar-refractivity contribution >= 4 is 24.2 Å². The van der Waals surface area contributed by atoms with Crippen LogP contribution < -0.4 is 10.2 Å². The Labute approximate surface area is 250 Å². The molecule has 0 aliphatic rings. The zero-order chi connectivity index (χ0) is 30.6. The van der Waals surface area contributed by atoms with Gasteiger partial charge in [0.25, 0.3) is 0 Å². The zero-order valence-corrected chi connectivity index (χ0v) is 22.5. The fourth-order valence-electron chi connectivity index (χ4n) is 2.99. The normalized spacial score (nSPS) is 12.5. The topological polar surface area (TPSA) is 121 Å². The van der Waals surface area contributed by atoms with Crippen LogP contribution in [0.5, 0.6) is 0 Å². The second kappa shape index (κ2) is 15.9. The van der Waals surface area contributed by atoms with E-state index in [1.165, 1.54) is 73.3 Å². The van der Waals surface area contributed by atoms with Crippen molar-refractivity contribution in [3.8, 4) is 0 Å². The van der Waals surface area contributed by atoms with Crippen LogP contribution in [0.1, 0.15) is 33.4 Å². The van der Waals surface area contributed by atoms with E-state index in [4.69, 9.17) is 0 Å². The molecule has 0 unspecified atom stereocenters. The van der Waals surface area contributed by atoms with E-state index in [1.54, 1.807) is 0 Å². The van der Waals surface area contributed by atoms with E-state index in [-0.39, 0.29) is 27.6 Å². The van der Waals surface area contributed by atoms with Gasteiger partial charge in [-0.2, -0.15) is 46.7 Å². The van der Waals surface area contributed by atoms with E-state index < -0.39 is 35.3 Å². The van der Waals surface area contributed by atoms with Crippen molar-refractivity contribution in [3.63, 3.8) is 0 Å². The Morgan fingerprint density at radius 3 is 1.26 bits per heavy atom. The van der Waals surface area contributed by atoms with Crippen LogP contribution in [0, 0.1) is 0 Å². The van der Waals surface area contributed by atoms with Gasteiger partial charge >= 0.3 is 28.8 Å². The molecule has 0 aliphatic heterocycles. The summed E-state index contributed by atoms with van der Waals surface area (Å²) in [5.74, 6) is -1.19. The van der Waals surface area contributed by atoms with Crippen LogP contribution in [-0.2, 0) is 28.8 Å². The minimum Gasteiger partial charge on any atom is -0.857 e. The molecule has 0 amide bonds. The molecular formula is C28H18F6N6NiO2. The second-order valence-electron chi connectivity index (χ2n) is 8.02. The van der Waals surface area contributed by atoms with Gasteiger partial charge in [0.2, 0.25) is 0 Å². The SMILES string of the molecule is [Ni+2].[O-]/C(=N\N=C/c1cccc(C(F)(F)F)c1)c1ccncc1.[O-]/C(=N\N=C\c1cccc(C(F)(F)F)c1)c1ccncc1. The number of nitrogens with zero attached hydrogens (tertiary/aromatic N) is 6. The van der Waals surface area contributed by atoms with Crippen LogP contribution >= 0.6 is 0 Å². The Hall–Kier alpha value is -4.91. The first-order chi connectivity index (χ1) is 19.9. The first-order valence-electron chi connectivity index (χ1n) is 11.6. The first kappa shape index (κ1) is 34.3. The molecule has 0 aliphatic carbocycles. The summed E-state index contributed by atoms with van der Waals surface area (Å²) in [6, 6.07) is 15.0. The number of benzene rings is 2. The van der Waals surface area contributed by atoms with Gasteiger partial charge in [-0.25, -0.2) is 0 Å². The molecule has 0 fully saturated rings. The van der Waals surface area contributed by atoms with Crippen LogP contribution in [0.3, 0.4) is 0 Å². The smallest absolute Gasteiger partial charge is 0.857 e. The monoisotopic (exact) mass is 642 g/mol. The number of rotatable bonds is 6. The Morgan fingerprint density at radius 2 is 0.930 bits per heavy atom. The number of pyridine rings is 2. The minimum absolute atomic E-state index is 0. The number of hydrogen-bond acceptors (Lipinski definition) is 8. The average molecular weight is 643 g/mol. The molecule has 15 heteroatoms. The van der Waals surface area contributed by atoms with Gasteiger partial charge in [-0.3, -0.25) is 9.97 Å². The zero-order valence-electron chi connectivity index (χ0n) is 21.5. The van der Waals surface area contributed by atoms with Crippen molar-refractivity contribution in [3.05, 3.63) is 131 Å². The molecule has 0 atom stereocenters. The number of hydrogen-bond donors (Lipinski definition) is 0. The van der Waals surface area contributed by atoms with Crippen molar-refractivity contribution in [1.29, 1.82) is 0 Å². The van der Waals surface area contributed by atoms with E-state index in [0.717, 1.165) is 36.7 Å². The van der Waals surface area contributed by atoms with E-state index in [2.05, 4.69) is 30.4 Å². The largest absolute Gasteiger partial charge is 2.00 e. The molecule has 2 heterocycles. The van der Waals surface area contributed by atoms with Crippen LogP contribution in [0.4, 0.5) is 26.3 Å². The summed E-state index contributed by atoms with van der Waals surface area (Å²) < 4.78 is 75.1. The van der Waals surface area contributed by atoms with Crippen molar-refractivity contribution in [2.24, 2.45) is 20.4 Å². The molecule has 2 aromatic carbocycles. The van der Waals surface area contributed by atoms with Gasteiger partial charge in [-0.1, -0.05) is 24.3 Å². The molecule has 0 saturated heterocycles. The third kappa shape index (κ3) is 11.5. The van der Waals surface area contributed by atoms with Gasteiger partial charge in [-0.15, -0.1) is 0 Å². The van der Waals surface area contributed by atoms with Gasteiger partial charge in [0.1, 0.15) is 0 Å². The predicted octanol–water partition coefficient (Wildman–Crippen LogP) is 4.48. The number of aromatic nitrogens is 2. The molecule has 8 nitrogen and oxygen atoms in total. The van der Waals surface area contributed by atoms with Crippen LogP contribution in [0.25, 0.3) is 0 Å². The summed E-state index contributed by atoms with van der Waals surface area (Å²) in [6.45, 7) is 0. The molecule has 0 bridgehead atoms. The average Bonchev–Trinajstić information content (AvgIpc) is 2.98. The summed E-state index contributed by atoms with van der Waals surface area (Å²) in [7, 11) is 0. The summed E-state index contributed by atoms with van der Waals surface area (Å²) in [5.41, 5.74) is -0.566. The van der Waals surface area contributed by atoms with Crippen LogP contribution in [0.15, 0.2) is 118 Å². The summed E-state index contributed by atoms with van der Waals surface area (Å²) >= 11 is 0. The Bertz CT molecular complexity index is 1460. The maximum atomic E-state index is 12.5. The number of alkyl halides is 6. The summed E-state index contributed by atoms with van der Waals surface area (Å²) in [6.07, 6.45) is -0.943. The maximum Gasteiger partial charge on any atom is 2.00 e. The Morgan fingerprint density at radius 1 is 0.581 bits per heavy atom. The summed E-state index contributed by atoms with van der Waals surface area (Å²) in [4.78, 5) is 7.50. The fraction of sp³-hybridized carbons (Fsp3) is 0.0714. The second-order valence-corrected chi connectivity index (χ2v) is 8.02. The Balaban J connectivity index is 0.000000293. The molecule has 4 rings (SSSR count). The standard InChI is InChI=1S/2C14H10F3N3O.Ni/c2*15-14(16,17)12-3-1-2-10(8-12)9-19-20-13(21)11-4-6-18-7-5-11;/h2*1-9H,(H,20,21);/q;;+2/p-2/b19-9+;19-9-;. The van der Waals surface area contributed by atoms with Gasteiger partial charge in [0, 0.05) is 36.6 Å². The molecule has 2 aromatic heterocycles. The minimum atomic E-state index is -4.42. The Kier molecular flexibility index (Phi) is 12.7. The molecule has 4 aromatic rings. The molecule has 0 N–H and O–H groups in total. The first-order valence-corrected chi connectivity index (χ1v) is 11.6. The van der Waals surface area contributed by atoms with Gasteiger partial charge < -0.3 is 10.2 Å². The van der Waals surface area contributed by atoms with Gasteiger partial charge in [-0.05, 0) is 70.8 Å². The molecule has 0 saturated carbocycles. The molecular weight excluding hydrogens is 625 g/mol.